The first-order valence-corrected chi connectivity index (χ1v) is 21.2. The molecule has 0 aromatic rings. The lowest BCUT2D eigenvalue weighted by molar-refractivity contribution is -0.152. The molecule has 49 heavy (non-hydrogen) atoms. The van der Waals surface area contributed by atoms with Crippen molar-refractivity contribution in [2.24, 2.45) is 11.8 Å². The average molecular weight is 695 g/mol. The molecule has 1 N–H and O–H groups in total. The molecule has 0 aliphatic carbocycles. The first-order valence-electron chi connectivity index (χ1n) is 21.2. The number of ether oxygens (including phenoxy) is 2. The van der Waals surface area contributed by atoms with Crippen molar-refractivity contribution in [2.75, 3.05) is 32.8 Å². The number of unbranched alkanes of at least 4 members (excludes halogenated alkanes) is 16. The fourth-order valence-electron chi connectivity index (χ4n) is 6.54. The van der Waals surface area contributed by atoms with Gasteiger partial charge < -0.3 is 19.7 Å². The van der Waals surface area contributed by atoms with Gasteiger partial charge in [-0.05, 0) is 45.6 Å². The molecular weight excluding hydrogens is 612 g/mol. The molecule has 0 aliphatic rings. The Morgan fingerprint density at radius 3 is 1.16 bits per heavy atom. The van der Waals surface area contributed by atoms with E-state index in [0.29, 0.717) is 13.1 Å². The molecule has 0 aliphatic heterocycles. The topological polar surface area (TPSA) is 84.9 Å². The molecule has 3 unspecified atom stereocenters. The molecule has 0 bridgehead atoms. The lowest BCUT2D eigenvalue weighted by Crippen LogP contribution is -2.47. The Morgan fingerprint density at radius 1 is 0.490 bits per heavy atom. The minimum atomic E-state index is -0.357. The predicted octanol–water partition coefficient (Wildman–Crippen LogP) is 11.0. The number of carbonyl (C=O) groups excluding carboxylic acids is 3. The summed E-state index contributed by atoms with van der Waals surface area (Å²) >= 11 is 0. The average Bonchev–Trinajstić information content (AvgIpc) is 3.10. The molecule has 3 atom stereocenters. The van der Waals surface area contributed by atoms with Crippen LogP contribution in [-0.4, -0.2) is 61.6 Å². The summed E-state index contributed by atoms with van der Waals surface area (Å²) in [4.78, 5) is 41.7. The lowest BCUT2D eigenvalue weighted by atomic mass is 9.94. The molecule has 0 saturated heterocycles. The molecule has 7 nitrogen and oxygen atoms in total. The normalized spacial score (nSPS) is 13.2. The third-order valence-electron chi connectivity index (χ3n) is 9.88. The molecule has 290 valence electrons. The first kappa shape index (κ1) is 47.4. The van der Waals surface area contributed by atoms with E-state index in [2.05, 4.69) is 39.9 Å². The fraction of sp³-hybridized carbons (Fsp3) is 0.929. The highest BCUT2D eigenvalue weighted by Crippen LogP contribution is 2.22. The summed E-state index contributed by atoms with van der Waals surface area (Å²) < 4.78 is 11.7. The van der Waals surface area contributed by atoms with Gasteiger partial charge in [-0.25, -0.2) is 0 Å². The monoisotopic (exact) mass is 695 g/mol. The van der Waals surface area contributed by atoms with Gasteiger partial charge in [-0.2, -0.15) is 0 Å². The second-order valence-corrected chi connectivity index (χ2v) is 14.5. The lowest BCUT2D eigenvalue weighted by Gasteiger charge is -2.27. The van der Waals surface area contributed by atoms with Crippen LogP contribution in [0.4, 0.5) is 0 Å². The Balaban J connectivity index is 5.22. The zero-order valence-electron chi connectivity index (χ0n) is 33.4. The van der Waals surface area contributed by atoms with Crippen LogP contribution in [0.5, 0.6) is 0 Å². The third kappa shape index (κ3) is 26.8. The van der Waals surface area contributed by atoms with E-state index in [-0.39, 0.29) is 48.9 Å². The Labute approximate surface area is 304 Å². The van der Waals surface area contributed by atoms with E-state index < -0.39 is 0 Å². The predicted molar refractivity (Wildman–Crippen MR) is 207 cm³/mol. The molecule has 0 saturated carbocycles. The standard InChI is InChI=1S/C42H82N2O5/c1-7-12-16-20-22-26-30-38(28-24-18-14-9-3)41(46)48-35-33-44(40(45)37(6)43-32-11-5)34-36-49-42(47)39(29-25-19-15-10-4)31-27-23-21-17-13-8-2/h37-39,43H,7-36H2,1-6H3. The molecule has 0 aromatic heterocycles. The Kier molecular flexibility index (Phi) is 33.6. The van der Waals surface area contributed by atoms with Crippen molar-refractivity contribution in [3.63, 3.8) is 0 Å². The summed E-state index contributed by atoms with van der Waals surface area (Å²) in [5.74, 6) is -0.436. The minimum Gasteiger partial charge on any atom is -0.464 e. The van der Waals surface area contributed by atoms with Crippen LogP contribution in [0.15, 0.2) is 0 Å². The summed E-state index contributed by atoms with van der Waals surface area (Å²) in [7, 11) is 0. The first-order chi connectivity index (χ1) is 23.9. The summed E-state index contributed by atoms with van der Waals surface area (Å²) in [6.45, 7) is 14.5. The van der Waals surface area contributed by atoms with Crippen molar-refractivity contribution in [2.45, 2.75) is 208 Å². The molecule has 0 rings (SSSR count). The Morgan fingerprint density at radius 2 is 0.816 bits per heavy atom. The van der Waals surface area contributed by atoms with Crippen molar-refractivity contribution in [3.8, 4) is 0 Å². The smallest absolute Gasteiger partial charge is 0.308 e. The summed E-state index contributed by atoms with van der Waals surface area (Å²) in [6, 6.07) is -0.357. The van der Waals surface area contributed by atoms with Crippen LogP contribution in [0.3, 0.4) is 0 Å². The number of hydrogen-bond donors (Lipinski definition) is 1. The molecule has 0 heterocycles. The molecule has 0 spiro atoms. The van der Waals surface area contributed by atoms with Crippen LogP contribution < -0.4 is 5.32 Å². The van der Waals surface area contributed by atoms with Crippen molar-refractivity contribution in [3.05, 3.63) is 0 Å². The van der Waals surface area contributed by atoms with Crippen LogP contribution in [0.2, 0.25) is 0 Å². The number of carbonyl (C=O) groups is 3. The van der Waals surface area contributed by atoms with Crippen molar-refractivity contribution < 1.29 is 23.9 Å². The number of nitrogens with zero attached hydrogens (tertiary/aromatic N) is 1. The second-order valence-electron chi connectivity index (χ2n) is 14.5. The van der Waals surface area contributed by atoms with Gasteiger partial charge in [-0.15, -0.1) is 0 Å². The SMILES string of the molecule is CCCCCCCCC(CCCCCC)C(=O)OCCN(CCOC(=O)C(CCCCCC)CCCCCCCC)C(=O)C(C)NCCC. The molecule has 0 radical (unpaired) electrons. The number of esters is 2. The van der Waals surface area contributed by atoms with Crippen LogP contribution in [0, 0.1) is 11.8 Å². The highest BCUT2D eigenvalue weighted by Gasteiger charge is 2.24. The maximum Gasteiger partial charge on any atom is 0.308 e. The van der Waals surface area contributed by atoms with Gasteiger partial charge in [0.2, 0.25) is 5.91 Å². The van der Waals surface area contributed by atoms with Crippen molar-refractivity contribution in [1.82, 2.24) is 10.2 Å². The quantitative estimate of drug-likeness (QED) is 0.0519. The fourth-order valence-corrected chi connectivity index (χ4v) is 6.54. The van der Waals surface area contributed by atoms with Crippen molar-refractivity contribution in [1.29, 1.82) is 0 Å². The summed E-state index contributed by atoms with van der Waals surface area (Å²) in [5.41, 5.74) is 0. The van der Waals surface area contributed by atoms with Gasteiger partial charge in [0, 0.05) is 0 Å². The zero-order valence-corrected chi connectivity index (χ0v) is 33.4. The molecule has 1 amide bonds. The highest BCUT2D eigenvalue weighted by atomic mass is 16.5. The molecule has 0 aromatic carbocycles. The van der Waals surface area contributed by atoms with Gasteiger partial charge in [0.25, 0.3) is 0 Å². The number of rotatable bonds is 36. The number of hydrogen-bond acceptors (Lipinski definition) is 6. The van der Waals surface area contributed by atoms with Gasteiger partial charge in [0.1, 0.15) is 13.2 Å². The zero-order chi connectivity index (χ0) is 36.4. The van der Waals surface area contributed by atoms with E-state index in [0.717, 1.165) is 77.2 Å². The van der Waals surface area contributed by atoms with E-state index >= 15 is 0 Å². The number of amides is 1. The van der Waals surface area contributed by atoms with Gasteiger partial charge in [-0.3, -0.25) is 14.4 Å². The third-order valence-corrected chi connectivity index (χ3v) is 9.88. The van der Waals surface area contributed by atoms with Gasteiger partial charge in [-0.1, -0.05) is 163 Å². The van der Waals surface area contributed by atoms with Crippen LogP contribution in [0.1, 0.15) is 202 Å². The Hall–Kier alpha value is -1.63. The molecule has 7 heteroatoms. The second kappa shape index (κ2) is 34.8. The molecular formula is C42H82N2O5. The maximum atomic E-state index is 13.5. The van der Waals surface area contributed by atoms with Crippen LogP contribution >= 0.6 is 0 Å². The summed E-state index contributed by atoms with van der Waals surface area (Å²) in [6.07, 6.45) is 28.1. The van der Waals surface area contributed by atoms with Crippen LogP contribution in [-0.2, 0) is 23.9 Å². The van der Waals surface area contributed by atoms with E-state index in [9.17, 15) is 14.4 Å². The summed E-state index contributed by atoms with van der Waals surface area (Å²) in [5, 5.41) is 3.29. The van der Waals surface area contributed by atoms with E-state index in [1.807, 2.05) is 6.92 Å². The van der Waals surface area contributed by atoms with Crippen molar-refractivity contribution >= 4 is 17.8 Å². The van der Waals surface area contributed by atoms with E-state index in [4.69, 9.17) is 9.47 Å². The van der Waals surface area contributed by atoms with Gasteiger partial charge >= 0.3 is 11.9 Å². The molecule has 0 fully saturated rings. The highest BCUT2D eigenvalue weighted by molar-refractivity contribution is 5.81. The van der Waals surface area contributed by atoms with Gasteiger partial charge in [0.05, 0.1) is 31.0 Å². The van der Waals surface area contributed by atoms with Crippen LogP contribution in [0.25, 0.3) is 0 Å². The maximum absolute atomic E-state index is 13.5. The largest absolute Gasteiger partial charge is 0.464 e. The van der Waals surface area contributed by atoms with Gasteiger partial charge in [0.15, 0.2) is 0 Å². The Bertz CT molecular complexity index is 726. The number of nitrogens with one attached hydrogen (secondary N) is 1. The minimum absolute atomic E-state index is 0.0491. The van der Waals surface area contributed by atoms with E-state index in [1.165, 1.54) is 89.9 Å². The van der Waals surface area contributed by atoms with E-state index in [1.54, 1.807) is 4.90 Å².